The van der Waals surface area contributed by atoms with E-state index in [1.165, 1.54) is 0 Å². The Kier molecular flexibility index (Phi) is 3.56. The Morgan fingerprint density at radius 1 is 0.833 bits per heavy atom. The summed E-state index contributed by atoms with van der Waals surface area (Å²) in [6.07, 6.45) is 0. The molecule has 0 atom stereocenters. The van der Waals surface area contributed by atoms with Gasteiger partial charge >= 0.3 is 0 Å². The Hall–Kier alpha value is -3.40. The van der Waals surface area contributed by atoms with Crippen molar-refractivity contribution in [2.75, 3.05) is 5.32 Å². The standard InChI is InChI=1S/C20H15N3O/c24-19(23-20-21-17-12-6-7-13-18(17)22-20)16-11-5-4-10-15(16)14-8-2-1-3-9-14/h1-13H,(H2,21,22,23,24). The summed E-state index contributed by atoms with van der Waals surface area (Å²) < 4.78 is 0. The summed E-state index contributed by atoms with van der Waals surface area (Å²) in [4.78, 5) is 20.2. The second kappa shape index (κ2) is 6.01. The zero-order valence-corrected chi connectivity index (χ0v) is 12.9. The SMILES string of the molecule is O=C(Nc1nc2ccccc2[nH]1)c1ccccc1-c1ccccc1. The van der Waals surface area contributed by atoms with Crippen molar-refractivity contribution in [3.8, 4) is 11.1 Å². The van der Waals surface area contributed by atoms with Crippen molar-refractivity contribution in [2.45, 2.75) is 0 Å². The quantitative estimate of drug-likeness (QED) is 0.586. The average molecular weight is 313 g/mol. The number of para-hydroxylation sites is 2. The lowest BCUT2D eigenvalue weighted by molar-refractivity contribution is 0.102. The van der Waals surface area contributed by atoms with Crippen molar-refractivity contribution in [3.05, 3.63) is 84.4 Å². The van der Waals surface area contributed by atoms with Crippen molar-refractivity contribution < 1.29 is 4.79 Å². The van der Waals surface area contributed by atoms with Crippen LogP contribution in [0.4, 0.5) is 5.95 Å². The monoisotopic (exact) mass is 313 g/mol. The van der Waals surface area contributed by atoms with E-state index in [-0.39, 0.29) is 5.91 Å². The Morgan fingerprint density at radius 3 is 2.38 bits per heavy atom. The molecule has 0 bridgehead atoms. The van der Waals surface area contributed by atoms with Crippen LogP contribution in [0.15, 0.2) is 78.9 Å². The number of carbonyl (C=O) groups excluding carboxylic acids is 1. The molecule has 0 spiro atoms. The molecule has 0 saturated heterocycles. The minimum atomic E-state index is -0.187. The van der Waals surface area contributed by atoms with Crippen LogP contribution in [0.3, 0.4) is 0 Å². The van der Waals surface area contributed by atoms with Crippen LogP contribution >= 0.6 is 0 Å². The molecular formula is C20H15N3O. The average Bonchev–Trinajstić information content (AvgIpc) is 3.04. The molecule has 0 aliphatic heterocycles. The second-order valence-corrected chi connectivity index (χ2v) is 5.47. The van der Waals surface area contributed by atoms with Gasteiger partial charge in [-0.25, -0.2) is 4.98 Å². The molecule has 3 aromatic carbocycles. The van der Waals surface area contributed by atoms with Gasteiger partial charge in [0.05, 0.1) is 11.0 Å². The van der Waals surface area contributed by atoms with Crippen molar-refractivity contribution in [2.24, 2.45) is 0 Å². The zero-order valence-electron chi connectivity index (χ0n) is 12.9. The molecule has 1 aromatic heterocycles. The molecule has 0 aliphatic carbocycles. The third-order valence-electron chi connectivity index (χ3n) is 3.88. The van der Waals surface area contributed by atoms with Crippen LogP contribution in [0.2, 0.25) is 0 Å². The maximum Gasteiger partial charge on any atom is 0.258 e. The number of anilines is 1. The highest BCUT2D eigenvalue weighted by Gasteiger charge is 2.14. The van der Waals surface area contributed by atoms with Gasteiger partial charge in [0.15, 0.2) is 0 Å². The largest absolute Gasteiger partial charge is 0.324 e. The van der Waals surface area contributed by atoms with E-state index in [2.05, 4.69) is 15.3 Å². The number of imidazole rings is 1. The molecular weight excluding hydrogens is 298 g/mol. The predicted octanol–water partition coefficient (Wildman–Crippen LogP) is 4.48. The minimum absolute atomic E-state index is 0.187. The third-order valence-corrected chi connectivity index (χ3v) is 3.88. The molecule has 0 radical (unpaired) electrons. The van der Waals surface area contributed by atoms with Gasteiger partial charge in [-0.3, -0.25) is 10.1 Å². The number of aromatic nitrogens is 2. The number of hydrogen-bond acceptors (Lipinski definition) is 2. The number of rotatable bonds is 3. The number of amides is 1. The fourth-order valence-electron chi connectivity index (χ4n) is 2.74. The smallest absolute Gasteiger partial charge is 0.258 e. The highest BCUT2D eigenvalue weighted by Crippen LogP contribution is 2.24. The summed E-state index contributed by atoms with van der Waals surface area (Å²) in [6, 6.07) is 25.1. The summed E-state index contributed by atoms with van der Waals surface area (Å²) in [6.45, 7) is 0. The molecule has 4 rings (SSSR count). The van der Waals surface area contributed by atoms with Gasteiger partial charge in [0, 0.05) is 5.56 Å². The van der Waals surface area contributed by atoms with Gasteiger partial charge in [-0.05, 0) is 29.3 Å². The van der Waals surface area contributed by atoms with E-state index >= 15 is 0 Å². The van der Waals surface area contributed by atoms with Gasteiger partial charge in [-0.2, -0.15) is 0 Å². The molecule has 0 unspecified atom stereocenters. The van der Waals surface area contributed by atoms with Crippen molar-refractivity contribution in [3.63, 3.8) is 0 Å². The van der Waals surface area contributed by atoms with Crippen LogP contribution in [-0.2, 0) is 0 Å². The summed E-state index contributed by atoms with van der Waals surface area (Å²) in [5.74, 6) is 0.262. The first-order chi connectivity index (χ1) is 11.8. The van der Waals surface area contributed by atoms with Crippen LogP contribution in [0.1, 0.15) is 10.4 Å². The van der Waals surface area contributed by atoms with Crippen LogP contribution < -0.4 is 5.32 Å². The molecule has 4 aromatic rings. The lowest BCUT2D eigenvalue weighted by atomic mass is 9.99. The minimum Gasteiger partial charge on any atom is -0.324 e. The van der Waals surface area contributed by atoms with Crippen molar-refractivity contribution in [1.29, 1.82) is 0 Å². The number of nitrogens with zero attached hydrogens (tertiary/aromatic N) is 1. The molecule has 4 heteroatoms. The highest BCUT2D eigenvalue weighted by atomic mass is 16.1. The molecule has 0 aliphatic rings. The van der Waals surface area contributed by atoms with Gasteiger partial charge in [-0.1, -0.05) is 60.7 Å². The first-order valence-electron chi connectivity index (χ1n) is 7.72. The molecule has 1 heterocycles. The molecule has 2 N–H and O–H groups in total. The Bertz CT molecular complexity index is 973. The molecule has 0 saturated carbocycles. The highest BCUT2D eigenvalue weighted by molar-refractivity contribution is 6.08. The molecule has 24 heavy (non-hydrogen) atoms. The zero-order chi connectivity index (χ0) is 16.4. The van der Waals surface area contributed by atoms with E-state index in [1.807, 2.05) is 78.9 Å². The fourth-order valence-corrected chi connectivity index (χ4v) is 2.74. The first-order valence-corrected chi connectivity index (χ1v) is 7.72. The predicted molar refractivity (Wildman–Crippen MR) is 95.9 cm³/mol. The maximum absolute atomic E-state index is 12.7. The number of aromatic amines is 1. The van der Waals surface area contributed by atoms with Gasteiger partial charge in [0.2, 0.25) is 5.95 Å². The van der Waals surface area contributed by atoms with E-state index in [9.17, 15) is 4.79 Å². The number of fused-ring (bicyclic) bond motifs is 1. The number of H-pyrrole nitrogens is 1. The fraction of sp³-hybridized carbons (Fsp3) is 0. The summed E-state index contributed by atoms with van der Waals surface area (Å²) in [5, 5.41) is 2.85. The van der Waals surface area contributed by atoms with Gasteiger partial charge < -0.3 is 4.98 Å². The molecule has 4 nitrogen and oxygen atoms in total. The van der Waals surface area contributed by atoms with E-state index in [4.69, 9.17) is 0 Å². The third kappa shape index (κ3) is 2.65. The second-order valence-electron chi connectivity index (χ2n) is 5.47. The Morgan fingerprint density at radius 2 is 1.54 bits per heavy atom. The number of carbonyl (C=O) groups is 1. The number of hydrogen-bond donors (Lipinski definition) is 2. The number of nitrogens with one attached hydrogen (secondary N) is 2. The summed E-state index contributed by atoms with van der Waals surface area (Å²) in [5.41, 5.74) is 4.23. The van der Waals surface area contributed by atoms with Crippen LogP contribution in [0, 0.1) is 0 Å². The van der Waals surface area contributed by atoms with E-state index in [0.29, 0.717) is 11.5 Å². The Balaban J connectivity index is 1.68. The molecule has 116 valence electrons. The lowest BCUT2D eigenvalue weighted by Gasteiger charge is -2.09. The summed E-state index contributed by atoms with van der Waals surface area (Å²) in [7, 11) is 0. The van der Waals surface area contributed by atoms with Gasteiger partial charge in [0.25, 0.3) is 5.91 Å². The van der Waals surface area contributed by atoms with Crippen LogP contribution in [0.25, 0.3) is 22.2 Å². The van der Waals surface area contributed by atoms with Crippen molar-refractivity contribution in [1.82, 2.24) is 9.97 Å². The normalized spacial score (nSPS) is 10.7. The molecule has 1 amide bonds. The lowest BCUT2D eigenvalue weighted by Crippen LogP contribution is -2.14. The van der Waals surface area contributed by atoms with Crippen LogP contribution in [0.5, 0.6) is 0 Å². The van der Waals surface area contributed by atoms with Gasteiger partial charge in [0.1, 0.15) is 0 Å². The van der Waals surface area contributed by atoms with Crippen molar-refractivity contribution >= 4 is 22.9 Å². The summed E-state index contributed by atoms with van der Waals surface area (Å²) >= 11 is 0. The first kappa shape index (κ1) is 14.2. The van der Waals surface area contributed by atoms with E-state index in [1.54, 1.807) is 0 Å². The van der Waals surface area contributed by atoms with E-state index < -0.39 is 0 Å². The van der Waals surface area contributed by atoms with Gasteiger partial charge in [-0.15, -0.1) is 0 Å². The van der Waals surface area contributed by atoms with E-state index in [0.717, 1.165) is 22.2 Å². The Labute approximate surface area is 139 Å². The number of benzene rings is 3. The topological polar surface area (TPSA) is 57.8 Å². The van der Waals surface area contributed by atoms with Crippen LogP contribution in [-0.4, -0.2) is 15.9 Å². The molecule has 0 fully saturated rings. The maximum atomic E-state index is 12.7.